The third-order valence-electron chi connectivity index (χ3n) is 5.29. The molecular weight excluding hydrogens is 294 g/mol. The minimum absolute atomic E-state index is 0.113. The molecule has 3 unspecified atom stereocenters. The van der Waals surface area contributed by atoms with Crippen LogP contribution in [0, 0.1) is 17.8 Å². The van der Waals surface area contributed by atoms with Crippen LogP contribution in [0.25, 0.3) is 0 Å². The van der Waals surface area contributed by atoms with Crippen molar-refractivity contribution in [3.63, 3.8) is 0 Å². The fourth-order valence-corrected chi connectivity index (χ4v) is 3.75. The molecule has 5 heteroatoms. The molecule has 3 atom stereocenters. The highest BCUT2D eigenvalue weighted by atomic mass is 16.5. The van der Waals surface area contributed by atoms with Crippen molar-refractivity contribution in [2.75, 3.05) is 13.2 Å². The summed E-state index contributed by atoms with van der Waals surface area (Å²) in [6.45, 7) is 1.02. The van der Waals surface area contributed by atoms with Gasteiger partial charge in [0.05, 0.1) is 6.61 Å². The number of carbonyl (C=O) groups is 3. The second-order valence-electron chi connectivity index (χ2n) is 7.09. The van der Waals surface area contributed by atoms with Crippen LogP contribution in [0.15, 0.2) is 12.2 Å². The molecule has 1 aliphatic heterocycles. The number of nitrogens with zero attached hydrogens (tertiary/aromatic N) is 1. The van der Waals surface area contributed by atoms with Crippen LogP contribution in [0.5, 0.6) is 0 Å². The zero-order valence-corrected chi connectivity index (χ0v) is 13.5. The highest BCUT2D eigenvalue weighted by Gasteiger charge is 2.42. The van der Waals surface area contributed by atoms with E-state index in [2.05, 4.69) is 0 Å². The van der Waals surface area contributed by atoms with Gasteiger partial charge < -0.3 is 4.74 Å². The molecule has 2 saturated carbocycles. The van der Waals surface area contributed by atoms with Crippen molar-refractivity contribution in [3.8, 4) is 0 Å². The Kier molecular flexibility index (Phi) is 5.13. The Hall–Kier alpha value is -1.65. The number of esters is 1. The normalized spacial score (nSPS) is 28.9. The number of imide groups is 1. The van der Waals surface area contributed by atoms with E-state index in [1.165, 1.54) is 42.7 Å². The number of rotatable bonds is 8. The zero-order chi connectivity index (χ0) is 16.2. The fourth-order valence-electron chi connectivity index (χ4n) is 3.75. The van der Waals surface area contributed by atoms with Crippen molar-refractivity contribution in [3.05, 3.63) is 12.2 Å². The first kappa shape index (κ1) is 16.2. The summed E-state index contributed by atoms with van der Waals surface area (Å²) < 4.78 is 5.39. The van der Waals surface area contributed by atoms with Crippen LogP contribution in [0.4, 0.5) is 0 Å². The van der Waals surface area contributed by atoms with Crippen LogP contribution < -0.4 is 0 Å². The Balaban J connectivity index is 1.21. The van der Waals surface area contributed by atoms with Gasteiger partial charge in [-0.3, -0.25) is 19.3 Å². The smallest absolute Gasteiger partial charge is 0.305 e. The van der Waals surface area contributed by atoms with Gasteiger partial charge in [-0.1, -0.05) is 6.42 Å². The quantitative estimate of drug-likeness (QED) is 0.392. The van der Waals surface area contributed by atoms with Crippen molar-refractivity contribution < 1.29 is 19.1 Å². The Labute approximate surface area is 137 Å². The van der Waals surface area contributed by atoms with Crippen LogP contribution in [0.3, 0.4) is 0 Å². The third-order valence-corrected chi connectivity index (χ3v) is 5.29. The molecule has 0 saturated heterocycles. The maximum absolute atomic E-state index is 11.8. The van der Waals surface area contributed by atoms with Crippen molar-refractivity contribution in [1.29, 1.82) is 0 Å². The molecule has 3 aliphatic rings. The van der Waals surface area contributed by atoms with Gasteiger partial charge in [-0.05, 0) is 56.3 Å². The van der Waals surface area contributed by atoms with E-state index >= 15 is 0 Å². The predicted octanol–water partition coefficient (Wildman–Crippen LogP) is 2.45. The summed E-state index contributed by atoms with van der Waals surface area (Å²) in [7, 11) is 0. The first-order valence-corrected chi connectivity index (χ1v) is 8.82. The third kappa shape index (κ3) is 4.43. The first-order chi connectivity index (χ1) is 11.1. The second-order valence-corrected chi connectivity index (χ2v) is 7.09. The van der Waals surface area contributed by atoms with Gasteiger partial charge in [-0.2, -0.15) is 0 Å². The van der Waals surface area contributed by atoms with E-state index < -0.39 is 0 Å². The van der Waals surface area contributed by atoms with Crippen LogP contribution in [-0.4, -0.2) is 35.8 Å². The van der Waals surface area contributed by atoms with Gasteiger partial charge in [-0.15, -0.1) is 0 Å². The van der Waals surface area contributed by atoms with E-state index in [9.17, 15) is 14.4 Å². The summed E-state index contributed by atoms with van der Waals surface area (Å²) in [5.41, 5.74) is 0. The van der Waals surface area contributed by atoms with Crippen molar-refractivity contribution in [2.45, 2.75) is 51.4 Å². The Bertz CT molecular complexity index is 495. The number of unbranched alkanes of at least 4 members (excludes halogenated alkanes) is 2. The standard InChI is InChI=1S/C18H25NO4/c20-16-7-8-17(21)19(16)9-3-1-2-4-18(22)23-12-13-5-6-14-11-15(14)10-13/h7-8,13-15H,1-6,9-12H2. The van der Waals surface area contributed by atoms with Crippen LogP contribution in [0.2, 0.25) is 0 Å². The summed E-state index contributed by atoms with van der Waals surface area (Å²) in [5, 5.41) is 0. The molecule has 23 heavy (non-hydrogen) atoms. The second kappa shape index (κ2) is 7.28. The molecule has 0 bridgehead atoms. The lowest BCUT2D eigenvalue weighted by Gasteiger charge is -2.20. The monoisotopic (exact) mass is 319 g/mol. The molecule has 2 aliphatic carbocycles. The van der Waals surface area contributed by atoms with Gasteiger partial charge in [0.25, 0.3) is 11.8 Å². The molecule has 0 aromatic heterocycles. The van der Waals surface area contributed by atoms with Gasteiger partial charge in [0.1, 0.15) is 0 Å². The van der Waals surface area contributed by atoms with Crippen LogP contribution in [-0.2, 0) is 19.1 Å². The SMILES string of the molecule is O=C(CCCCCN1C(=O)C=CC1=O)OCC1CCC2CC2C1. The summed E-state index contributed by atoms with van der Waals surface area (Å²) in [4.78, 5) is 35.7. The maximum atomic E-state index is 11.8. The summed E-state index contributed by atoms with van der Waals surface area (Å²) >= 11 is 0. The van der Waals surface area contributed by atoms with E-state index in [1.807, 2.05) is 0 Å². The highest BCUT2D eigenvalue weighted by Crippen LogP contribution is 2.51. The van der Waals surface area contributed by atoms with Gasteiger partial charge in [0.2, 0.25) is 0 Å². The van der Waals surface area contributed by atoms with E-state index in [1.54, 1.807) is 0 Å². The molecule has 1 heterocycles. The number of amides is 2. The Morgan fingerprint density at radius 1 is 1.04 bits per heavy atom. The highest BCUT2D eigenvalue weighted by molar-refractivity contribution is 6.12. The molecule has 0 aromatic rings. The molecule has 0 spiro atoms. The number of hydrogen-bond donors (Lipinski definition) is 0. The zero-order valence-electron chi connectivity index (χ0n) is 13.5. The lowest BCUT2D eigenvalue weighted by Crippen LogP contribution is -2.30. The van der Waals surface area contributed by atoms with Gasteiger partial charge in [-0.25, -0.2) is 0 Å². The Morgan fingerprint density at radius 2 is 1.83 bits per heavy atom. The minimum Gasteiger partial charge on any atom is -0.465 e. The van der Waals surface area contributed by atoms with Crippen LogP contribution in [0.1, 0.15) is 51.4 Å². The number of hydrogen-bond acceptors (Lipinski definition) is 4. The number of carbonyl (C=O) groups excluding carboxylic acids is 3. The molecular formula is C18H25NO4. The molecule has 126 valence electrons. The van der Waals surface area contributed by atoms with E-state index in [0.29, 0.717) is 25.5 Å². The van der Waals surface area contributed by atoms with Crippen molar-refractivity contribution in [2.24, 2.45) is 17.8 Å². The molecule has 5 nitrogen and oxygen atoms in total. The van der Waals surface area contributed by atoms with E-state index in [-0.39, 0.29) is 17.8 Å². The summed E-state index contributed by atoms with van der Waals surface area (Å²) in [5.74, 6) is 1.88. The number of fused-ring (bicyclic) bond motifs is 1. The topological polar surface area (TPSA) is 63.7 Å². The molecule has 0 aromatic carbocycles. The predicted molar refractivity (Wildman–Crippen MR) is 84.2 cm³/mol. The van der Waals surface area contributed by atoms with Gasteiger partial charge >= 0.3 is 5.97 Å². The summed E-state index contributed by atoms with van der Waals surface area (Å²) in [6.07, 6.45) is 10.5. The average molecular weight is 319 g/mol. The molecule has 2 amide bonds. The summed E-state index contributed by atoms with van der Waals surface area (Å²) in [6, 6.07) is 0. The fraction of sp³-hybridized carbons (Fsp3) is 0.722. The van der Waals surface area contributed by atoms with E-state index in [4.69, 9.17) is 4.74 Å². The first-order valence-electron chi connectivity index (χ1n) is 8.82. The maximum Gasteiger partial charge on any atom is 0.305 e. The number of ether oxygens (including phenoxy) is 1. The average Bonchev–Trinajstić information content (AvgIpc) is 3.25. The Morgan fingerprint density at radius 3 is 2.57 bits per heavy atom. The minimum atomic E-state index is -0.236. The van der Waals surface area contributed by atoms with Crippen molar-refractivity contribution in [1.82, 2.24) is 4.90 Å². The molecule has 2 fully saturated rings. The van der Waals surface area contributed by atoms with Gasteiger partial charge in [0.15, 0.2) is 0 Å². The largest absolute Gasteiger partial charge is 0.465 e. The molecule has 0 radical (unpaired) electrons. The lowest BCUT2D eigenvalue weighted by atomic mass is 9.90. The van der Waals surface area contributed by atoms with E-state index in [0.717, 1.165) is 31.1 Å². The van der Waals surface area contributed by atoms with Gasteiger partial charge in [0, 0.05) is 25.1 Å². The van der Waals surface area contributed by atoms with Crippen LogP contribution >= 0.6 is 0 Å². The molecule has 0 N–H and O–H groups in total. The lowest BCUT2D eigenvalue weighted by molar-refractivity contribution is -0.145. The molecule has 3 rings (SSSR count). The van der Waals surface area contributed by atoms with Crippen molar-refractivity contribution >= 4 is 17.8 Å².